The van der Waals surface area contributed by atoms with E-state index in [1.807, 2.05) is 12.1 Å². The molecule has 0 saturated carbocycles. The molecule has 0 spiro atoms. The van der Waals surface area contributed by atoms with Crippen molar-refractivity contribution in [2.45, 2.75) is 6.42 Å². The Morgan fingerprint density at radius 3 is 2.57 bits per heavy atom. The molecule has 21 heavy (non-hydrogen) atoms. The van der Waals surface area contributed by atoms with Crippen molar-refractivity contribution in [3.8, 4) is 11.5 Å². The molecule has 110 valence electrons. The number of rotatable bonds is 6. The molecule has 0 radical (unpaired) electrons. The molecule has 0 aliphatic rings. The average Bonchev–Trinajstić information content (AvgIpc) is 2.50. The monoisotopic (exact) mass is 286 g/mol. The smallest absolute Gasteiger partial charge is 0.227 e. The van der Waals surface area contributed by atoms with Gasteiger partial charge in [-0.25, -0.2) is 0 Å². The van der Waals surface area contributed by atoms with E-state index in [-0.39, 0.29) is 12.3 Å². The Morgan fingerprint density at radius 1 is 1.14 bits per heavy atom. The quantitative estimate of drug-likeness (QED) is 0.801. The largest absolute Gasteiger partial charge is 0.495 e. The van der Waals surface area contributed by atoms with E-state index in [4.69, 9.17) is 15.2 Å². The van der Waals surface area contributed by atoms with Crippen LogP contribution >= 0.6 is 0 Å². The number of hydrogen-bond acceptors (Lipinski definition) is 4. The maximum absolute atomic E-state index is 11.9. The number of benzene rings is 2. The fourth-order valence-corrected chi connectivity index (χ4v) is 1.79. The van der Waals surface area contributed by atoms with Crippen molar-refractivity contribution in [2.75, 3.05) is 24.8 Å². The summed E-state index contributed by atoms with van der Waals surface area (Å²) in [5.74, 6) is 1.19. The second-order valence-corrected chi connectivity index (χ2v) is 4.42. The Morgan fingerprint density at radius 2 is 1.86 bits per heavy atom. The number of methoxy groups -OCH3 is 1. The number of ether oxygens (including phenoxy) is 2. The number of carbonyl (C=O) groups excluding carboxylic acids is 1. The van der Waals surface area contributed by atoms with Gasteiger partial charge in [0.2, 0.25) is 5.91 Å². The molecule has 3 N–H and O–H groups in total. The molecule has 5 nitrogen and oxygen atoms in total. The fraction of sp³-hybridized carbons (Fsp3) is 0.188. The third-order valence-corrected chi connectivity index (χ3v) is 2.86. The van der Waals surface area contributed by atoms with Crippen LogP contribution in [-0.2, 0) is 4.79 Å². The van der Waals surface area contributed by atoms with Crippen LogP contribution in [-0.4, -0.2) is 19.6 Å². The van der Waals surface area contributed by atoms with Gasteiger partial charge in [0.25, 0.3) is 0 Å². The summed E-state index contributed by atoms with van der Waals surface area (Å²) >= 11 is 0. The molecule has 2 rings (SSSR count). The molecular weight excluding hydrogens is 268 g/mol. The Balaban J connectivity index is 1.81. The minimum absolute atomic E-state index is 0.130. The van der Waals surface area contributed by atoms with E-state index in [9.17, 15) is 4.79 Å². The van der Waals surface area contributed by atoms with Gasteiger partial charge in [-0.3, -0.25) is 4.79 Å². The summed E-state index contributed by atoms with van der Waals surface area (Å²) < 4.78 is 10.7. The van der Waals surface area contributed by atoms with E-state index in [0.29, 0.717) is 29.5 Å². The van der Waals surface area contributed by atoms with Crippen molar-refractivity contribution >= 4 is 17.3 Å². The number of nitrogens with two attached hydrogens (primary N) is 1. The van der Waals surface area contributed by atoms with Crippen molar-refractivity contribution < 1.29 is 14.3 Å². The summed E-state index contributed by atoms with van der Waals surface area (Å²) in [4.78, 5) is 11.9. The van der Waals surface area contributed by atoms with E-state index >= 15 is 0 Å². The first-order chi connectivity index (χ1) is 10.2. The molecule has 0 bridgehead atoms. The average molecular weight is 286 g/mol. The molecule has 1 amide bonds. The lowest BCUT2D eigenvalue weighted by atomic mass is 10.3. The lowest BCUT2D eigenvalue weighted by molar-refractivity contribution is -0.116. The highest BCUT2D eigenvalue weighted by molar-refractivity contribution is 5.92. The number of hydrogen-bond donors (Lipinski definition) is 2. The van der Waals surface area contributed by atoms with Crippen molar-refractivity contribution in [2.24, 2.45) is 0 Å². The minimum Gasteiger partial charge on any atom is -0.495 e. The Labute approximate surface area is 123 Å². The number of nitrogens with one attached hydrogen (secondary N) is 1. The predicted molar refractivity (Wildman–Crippen MR) is 82.6 cm³/mol. The number of nitrogen functional groups attached to an aromatic ring is 1. The van der Waals surface area contributed by atoms with Gasteiger partial charge in [0.1, 0.15) is 11.5 Å². The first-order valence-corrected chi connectivity index (χ1v) is 6.60. The molecule has 2 aromatic rings. The second-order valence-electron chi connectivity index (χ2n) is 4.42. The molecule has 0 heterocycles. The van der Waals surface area contributed by atoms with Gasteiger partial charge in [-0.15, -0.1) is 0 Å². The van der Waals surface area contributed by atoms with Crippen LogP contribution in [0.5, 0.6) is 11.5 Å². The van der Waals surface area contributed by atoms with E-state index in [2.05, 4.69) is 5.32 Å². The SMILES string of the molecule is COc1ccccc1NC(=O)CCOc1ccc(N)cc1. The Hall–Kier alpha value is -2.69. The van der Waals surface area contributed by atoms with Crippen molar-refractivity contribution in [3.63, 3.8) is 0 Å². The third kappa shape index (κ3) is 4.42. The topological polar surface area (TPSA) is 73.6 Å². The van der Waals surface area contributed by atoms with Gasteiger partial charge >= 0.3 is 0 Å². The molecular formula is C16H18N2O3. The second kappa shape index (κ2) is 7.19. The molecule has 5 heteroatoms. The van der Waals surface area contributed by atoms with E-state index in [1.165, 1.54) is 0 Å². The van der Waals surface area contributed by atoms with Crippen LogP contribution < -0.4 is 20.5 Å². The molecule has 0 saturated heterocycles. The molecule has 0 aliphatic heterocycles. The van der Waals surface area contributed by atoms with Gasteiger partial charge < -0.3 is 20.5 Å². The summed E-state index contributed by atoms with van der Waals surface area (Å²) in [6.07, 6.45) is 0.252. The van der Waals surface area contributed by atoms with Gasteiger partial charge in [0.05, 0.1) is 25.8 Å². The number of para-hydroxylation sites is 2. The number of amides is 1. The van der Waals surface area contributed by atoms with Crippen LogP contribution in [0.2, 0.25) is 0 Å². The Bertz CT molecular complexity index is 597. The van der Waals surface area contributed by atoms with Crippen LogP contribution in [0.1, 0.15) is 6.42 Å². The van der Waals surface area contributed by atoms with Crippen LogP contribution in [0.15, 0.2) is 48.5 Å². The first-order valence-electron chi connectivity index (χ1n) is 6.60. The Kier molecular flexibility index (Phi) is 5.04. The zero-order chi connectivity index (χ0) is 15.1. The van der Waals surface area contributed by atoms with Crippen molar-refractivity contribution in [1.82, 2.24) is 0 Å². The maximum Gasteiger partial charge on any atom is 0.227 e. The van der Waals surface area contributed by atoms with Crippen LogP contribution in [0.25, 0.3) is 0 Å². The maximum atomic E-state index is 11.9. The van der Waals surface area contributed by atoms with Gasteiger partial charge in [-0.2, -0.15) is 0 Å². The van der Waals surface area contributed by atoms with E-state index < -0.39 is 0 Å². The summed E-state index contributed by atoms with van der Waals surface area (Å²) in [6.45, 7) is 0.297. The van der Waals surface area contributed by atoms with Crippen LogP contribution in [0.3, 0.4) is 0 Å². The minimum atomic E-state index is -0.130. The standard InChI is InChI=1S/C16H18N2O3/c1-20-15-5-3-2-4-14(15)18-16(19)10-11-21-13-8-6-12(17)7-9-13/h2-9H,10-11,17H2,1H3,(H,18,19). The zero-order valence-corrected chi connectivity index (χ0v) is 11.8. The number of carbonyl (C=O) groups is 1. The molecule has 0 fully saturated rings. The lowest BCUT2D eigenvalue weighted by Gasteiger charge is -2.10. The highest BCUT2D eigenvalue weighted by atomic mass is 16.5. The molecule has 0 aliphatic carbocycles. The normalized spacial score (nSPS) is 9.95. The number of anilines is 2. The fourth-order valence-electron chi connectivity index (χ4n) is 1.79. The third-order valence-electron chi connectivity index (χ3n) is 2.86. The summed E-state index contributed by atoms with van der Waals surface area (Å²) in [5, 5.41) is 2.79. The highest BCUT2D eigenvalue weighted by Crippen LogP contribution is 2.23. The van der Waals surface area contributed by atoms with E-state index in [0.717, 1.165) is 0 Å². The molecule has 2 aromatic carbocycles. The molecule has 0 atom stereocenters. The van der Waals surface area contributed by atoms with Gasteiger partial charge in [-0.05, 0) is 36.4 Å². The lowest BCUT2D eigenvalue weighted by Crippen LogP contribution is -2.15. The predicted octanol–water partition coefficient (Wildman–Crippen LogP) is 2.69. The molecule has 0 unspecified atom stereocenters. The summed E-state index contributed by atoms with van der Waals surface area (Å²) in [5.41, 5.74) is 6.91. The summed E-state index contributed by atoms with van der Waals surface area (Å²) in [7, 11) is 1.56. The molecule has 0 aromatic heterocycles. The van der Waals surface area contributed by atoms with Crippen molar-refractivity contribution in [1.29, 1.82) is 0 Å². The zero-order valence-electron chi connectivity index (χ0n) is 11.8. The van der Waals surface area contributed by atoms with E-state index in [1.54, 1.807) is 43.5 Å². The van der Waals surface area contributed by atoms with Crippen LogP contribution in [0.4, 0.5) is 11.4 Å². The van der Waals surface area contributed by atoms with Crippen LogP contribution in [0, 0.1) is 0 Å². The van der Waals surface area contributed by atoms with Gasteiger partial charge in [-0.1, -0.05) is 12.1 Å². The summed E-state index contributed by atoms with van der Waals surface area (Å²) in [6, 6.07) is 14.3. The highest BCUT2D eigenvalue weighted by Gasteiger charge is 2.07. The van der Waals surface area contributed by atoms with Gasteiger partial charge in [0, 0.05) is 5.69 Å². The van der Waals surface area contributed by atoms with Crippen molar-refractivity contribution in [3.05, 3.63) is 48.5 Å². The first kappa shape index (κ1) is 14.7. The van der Waals surface area contributed by atoms with Gasteiger partial charge in [0.15, 0.2) is 0 Å².